The normalized spacial score (nSPS) is 9.48. The third kappa shape index (κ3) is 7.49. The van der Waals surface area contributed by atoms with E-state index in [4.69, 9.17) is 14.2 Å². The van der Waals surface area contributed by atoms with Gasteiger partial charge in [0.05, 0.1) is 0 Å². The van der Waals surface area contributed by atoms with E-state index in [0.717, 1.165) is 20.3 Å². The molecule has 3 nitrogen and oxygen atoms in total. The van der Waals surface area contributed by atoms with Crippen LogP contribution in [0.2, 0.25) is 0 Å². The summed E-state index contributed by atoms with van der Waals surface area (Å²) in [4.78, 5) is 0. The van der Waals surface area contributed by atoms with Gasteiger partial charge in [0.15, 0.2) is 20.3 Å². The Morgan fingerprint density at radius 2 is 0.926 bits per heavy atom. The highest BCUT2D eigenvalue weighted by atomic mass is 32.1. The van der Waals surface area contributed by atoms with E-state index >= 15 is 0 Å². The molecule has 0 spiro atoms. The highest BCUT2D eigenvalue weighted by molar-refractivity contribution is 7.13. The summed E-state index contributed by atoms with van der Waals surface area (Å²) < 4.78 is 16.2. The van der Waals surface area contributed by atoms with Crippen molar-refractivity contribution in [3.8, 4) is 32.1 Å². The van der Waals surface area contributed by atoms with Gasteiger partial charge in [-0.3, -0.25) is 0 Å². The van der Waals surface area contributed by atoms with Crippen molar-refractivity contribution in [2.45, 2.75) is 0 Å². The Kier molecular flexibility index (Phi) is 8.29. The molecule has 0 amide bonds. The van der Waals surface area contributed by atoms with Gasteiger partial charge in [0.25, 0.3) is 0 Å². The number of ether oxygens (including phenoxy) is 3. The van der Waals surface area contributed by atoms with Gasteiger partial charge in [-0.1, -0.05) is 11.8 Å². The molecule has 0 saturated heterocycles. The average Bonchev–Trinajstić information content (AvgIpc) is 3.49. The molecule has 0 aromatic carbocycles. The quantitative estimate of drug-likeness (QED) is 0.311. The van der Waals surface area contributed by atoms with Crippen molar-refractivity contribution in [3.05, 3.63) is 70.1 Å². The van der Waals surface area contributed by atoms with E-state index in [0.29, 0.717) is 13.2 Å². The largest absolute Gasteiger partial charge is 0.471 e. The monoisotopic (exact) mass is 432 g/mol. The predicted molar refractivity (Wildman–Crippen MR) is 116 cm³/mol. The average molecular weight is 433 g/mol. The van der Waals surface area contributed by atoms with Gasteiger partial charge in [-0.05, 0) is 70.1 Å². The molecule has 0 aliphatic carbocycles. The molecule has 0 aliphatic rings. The zero-order chi connectivity index (χ0) is 18.6. The van der Waals surface area contributed by atoms with E-state index in [1.165, 1.54) is 0 Å². The number of rotatable bonds is 6. The molecule has 7 heteroatoms. The molecule has 0 bridgehead atoms. The summed E-state index contributed by atoms with van der Waals surface area (Å²) >= 11 is 6.34. The van der Waals surface area contributed by atoms with Gasteiger partial charge in [-0.25, -0.2) is 0 Å². The fourth-order valence-corrected chi connectivity index (χ4v) is 4.13. The van der Waals surface area contributed by atoms with Crippen LogP contribution in [-0.2, 0) is 0 Å². The Bertz CT molecular complexity index is 826. The van der Waals surface area contributed by atoms with Gasteiger partial charge in [-0.15, -0.1) is 45.3 Å². The van der Waals surface area contributed by atoms with Gasteiger partial charge in [0, 0.05) is 0 Å². The highest BCUT2D eigenvalue weighted by Gasteiger charge is 1.96. The Balaban J connectivity index is 0.000000166. The van der Waals surface area contributed by atoms with Crippen LogP contribution in [0, 0.1) is 11.8 Å². The minimum atomic E-state index is 0.411. The molecule has 4 rings (SSSR count). The van der Waals surface area contributed by atoms with Gasteiger partial charge >= 0.3 is 0 Å². The first-order valence-electron chi connectivity index (χ1n) is 7.93. The fourth-order valence-electron chi connectivity index (χ4n) is 1.75. The lowest BCUT2D eigenvalue weighted by atomic mass is 10.6. The second-order valence-electron chi connectivity index (χ2n) is 4.76. The number of hydrogen-bond donors (Lipinski definition) is 0. The van der Waals surface area contributed by atoms with Crippen LogP contribution in [-0.4, -0.2) is 13.2 Å². The molecule has 4 heterocycles. The van der Waals surface area contributed by atoms with E-state index in [1.54, 1.807) is 45.3 Å². The van der Waals surface area contributed by atoms with E-state index in [9.17, 15) is 0 Å². The van der Waals surface area contributed by atoms with Crippen LogP contribution in [0.15, 0.2) is 70.1 Å². The maximum Gasteiger partial charge on any atom is 0.182 e. The Labute approximate surface area is 174 Å². The minimum Gasteiger partial charge on any atom is -0.471 e. The van der Waals surface area contributed by atoms with Crippen LogP contribution in [0.25, 0.3) is 0 Å². The Hall–Kier alpha value is -2.24. The topological polar surface area (TPSA) is 27.7 Å². The summed E-state index contributed by atoms with van der Waals surface area (Å²) in [7, 11) is 0. The predicted octanol–water partition coefficient (Wildman–Crippen LogP) is 6.87. The molecule has 0 unspecified atom stereocenters. The summed E-state index contributed by atoms with van der Waals surface area (Å²) in [6, 6.07) is 15.6. The Morgan fingerprint density at radius 1 is 0.556 bits per heavy atom. The molecule has 4 aromatic rings. The minimum absolute atomic E-state index is 0.411. The zero-order valence-corrected chi connectivity index (χ0v) is 17.5. The molecule has 0 fully saturated rings. The fraction of sp³-hybridized carbons (Fsp3) is 0.100. The smallest absolute Gasteiger partial charge is 0.182 e. The first-order valence-corrected chi connectivity index (χ1v) is 11.5. The molecular formula is C20H16O3S4. The third-order valence-electron chi connectivity index (χ3n) is 2.88. The van der Waals surface area contributed by atoms with Gasteiger partial charge < -0.3 is 14.2 Å². The number of thiophene rings is 4. The van der Waals surface area contributed by atoms with Crippen molar-refractivity contribution in [1.82, 2.24) is 0 Å². The van der Waals surface area contributed by atoms with Crippen molar-refractivity contribution < 1.29 is 14.2 Å². The SMILES string of the molecule is C(#CCOc1cccs1)COc1cccs1.c1csc(Oc2cccs2)c1. The molecule has 4 aromatic heterocycles. The van der Waals surface area contributed by atoms with Crippen molar-refractivity contribution in [2.75, 3.05) is 13.2 Å². The summed E-state index contributed by atoms with van der Waals surface area (Å²) in [6.07, 6.45) is 0. The summed E-state index contributed by atoms with van der Waals surface area (Å²) in [6.45, 7) is 0.822. The lowest BCUT2D eigenvalue weighted by Crippen LogP contribution is -1.95. The highest BCUT2D eigenvalue weighted by Crippen LogP contribution is 2.29. The van der Waals surface area contributed by atoms with Crippen LogP contribution in [0.3, 0.4) is 0 Å². The van der Waals surface area contributed by atoms with Crippen molar-refractivity contribution in [1.29, 1.82) is 0 Å². The second-order valence-corrected chi connectivity index (χ2v) is 8.40. The molecule has 0 N–H and O–H groups in total. The maximum absolute atomic E-state index is 5.50. The molecule has 27 heavy (non-hydrogen) atoms. The molecule has 0 aliphatic heterocycles. The molecule has 0 atom stereocenters. The summed E-state index contributed by atoms with van der Waals surface area (Å²) in [5.41, 5.74) is 0. The van der Waals surface area contributed by atoms with Crippen LogP contribution >= 0.6 is 45.3 Å². The lowest BCUT2D eigenvalue weighted by molar-refractivity contribution is 0.373. The summed E-state index contributed by atoms with van der Waals surface area (Å²) in [5.74, 6) is 5.80. The van der Waals surface area contributed by atoms with E-state index in [1.807, 2.05) is 70.1 Å². The van der Waals surface area contributed by atoms with Crippen LogP contribution in [0.1, 0.15) is 0 Å². The third-order valence-corrected chi connectivity index (χ3v) is 5.93. The Morgan fingerprint density at radius 3 is 1.26 bits per heavy atom. The molecule has 0 saturated carbocycles. The van der Waals surface area contributed by atoms with Gasteiger partial charge in [-0.2, -0.15) is 0 Å². The van der Waals surface area contributed by atoms with E-state index in [2.05, 4.69) is 11.8 Å². The van der Waals surface area contributed by atoms with Crippen LogP contribution in [0.5, 0.6) is 20.3 Å². The first-order chi connectivity index (χ1) is 13.4. The first kappa shape index (κ1) is 19.5. The zero-order valence-electron chi connectivity index (χ0n) is 14.2. The standard InChI is InChI=1S/C12H10O2S2.C8H6OS2/c1(7-13-11-5-3-9-15-11)2-8-14-12-6-4-10-16-12;1-3-7(10-5-1)9-8-4-2-6-11-8/h3-6,9-10H,7-8H2;1-6H. The summed E-state index contributed by atoms with van der Waals surface area (Å²) in [5, 5.41) is 11.7. The number of hydrogen-bond acceptors (Lipinski definition) is 7. The van der Waals surface area contributed by atoms with Crippen LogP contribution in [0.4, 0.5) is 0 Å². The van der Waals surface area contributed by atoms with Crippen LogP contribution < -0.4 is 14.2 Å². The second kappa shape index (κ2) is 11.5. The van der Waals surface area contributed by atoms with Crippen molar-refractivity contribution in [3.63, 3.8) is 0 Å². The maximum atomic E-state index is 5.50. The molecular weight excluding hydrogens is 416 g/mol. The van der Waals surface area contributed by atoms with Gasteiger partial charge in [0.1, 0.15) is 13.2 Å². The van der Waals surface area contributed by atoms with E-state index in [-0.39, 0.29) is 0 Å². The van der Waals surface area contributed by atoms with Gasteiger partial charge in [0.2, 0.25) is 0 Å². The van der Waals surface area contributed by atoms with Crippen molar-refractivity contribution in [2.24, 2.45) is 0 Å². The van der Waals surface area contributed by atoms with E-state index < -0.39 is 0 Å². The molecule has 138 valence electrons. The lowest BCUT2D eigenvalue weighted by Gasteiger charge is -1.96. The molecule has 0 radical (unpaired) electrons. The van der Waals surface area contributed by atoms with Crippen molar-refractivity contribution >= 4 is 45.3 Å².